The van der Waals surface area contributed by atoms with Crippen molar-refractivity contribution in [3.05, 3.63) is 41.5 Å². The highest BCUT2D eigenvalue weighted by Crippen LogP contribution is 2.11. The summed E-state index contributed by atoms with van der Waals surface area (Å²) in [5, 5.41) is 10.4. The molecule has 0 aliphatic carbocycles. The number of aryl methyl sites for hydroxylation is 1. The Labute approximate surface area is 154 Å². The molecule has 2 aromatic rings. The summed E-state index contributed by atoms with van der Waals surface area (Å²) in [7, 11) is 1.65. The Morgan fingerprint density at radius 2 is 2.04 bits per heavy atom. The molecule has 2 rings (SSSR count). The van der Waals surface area contributed by atoms with Crippen LogP contribution in [0.25, 0.3) is 0 Å². The van der Waals surface area contributed by atoms with Gasteiger partial charge < -0.3 is 24.6 Å². The lowest BCUT2D eigenvalue weighted by molar-refractivity contribution is 0.145. The standard InChI is InChI=1S/C18H27N5O3/c1-4-25-11-5-10-19-18(21-13-17-22-14(2)26-23-17)20-12-15-6-8-16(24-3)9-7-15/h6-9H,4-5,10-13H2,1-3H3,(H2,19,20,21). The van der Waals surface area contributed by atoms with Crippen LogP contribution in [-0.2, 0) is 17.8 Å². The summed E-state index contributed by atoms with van der Waals surface area (Å²) in [6.07, 6.45) is 0.901. The zero-order valence-corrected chi connectivity index (χ0v) is 15.6. The van der Waals surface area contributed by atoms with Crippen molar-refractivity contribution >= 4 is 5.96 Å². The van der Waals surface area contributed by atoms with E-state index in [9.17, 15) is 0 Å². The molecule has 0 atom stereocenters. The first-order chi connectivity index (χ1) is 12.7. The molecule has 1 heterocycles. The Hall–Kier alpha value is -2.61. The first-order valence-electron chi connectivity index (χ1n) is 8.73. The van der Waals surface area contributed by atoms with Crippen molar-refractivity contribution in [2.75, 3.05) is 26.9 Å². The zero-order chi connectivity index (χ0) is 18.6. The molecule has 26 heavy (non-hydrogen) atoms. The molecule has 2 N–H and O–H groups in total. The number of ether oxygens (including phenoxy) is 2. The molecular weight excluding hydrogens is 334 g/mol. The maximum atomic E-state index is 5.35. The average molecular weight is 361 g/mol. The second kappa shape index (κ2) is 11.1. The van der Waals surface area contributed by atoms with E-state index in [4.69, 9.17) is 14.0 Å². The van der Waals surface area contributed by atoms with Gasteiger partial charge in [-0.1, -0.05) is 17.3 Å². The summed E-state index contributed by atoms with van der Waals surface area (Å²) in [6, 6.07) is 7.85. The Kier molecular flexibility index (Phi) is 8.41. The van der Waals surface area contributed by atoms with E-state index in [1.807, 2.05) is 31.2 Å². The number of hydrogen-bond acceptors (Lipinski definition) is 6. The van der Waals surface area contributed by atoms with E-state index >= 15 is 0 Å². The van der Waals surface area contributed by atoms with Gasteiger partial charge in [0.2, 0.25) is 5.89 Å². The van der Waals surface area contributed by atoms with Crippen molar-refractivity contribution < 1.29 is 14.0 Å². The van der Waals surface area contributed by atoms with Crippen LogP contribution >= 0.6 is 0 Å². The van der Waals surface area contributed by atoms with Crippen LogP contribution in [0.1, 0.15) is 30.6 Å². The molecule has 0 aliphatic rings. The number of aliphatic imine (C=N–C) groups is 1. The Bertz CT molecular complexity index is 670. The SMILES string of the molecule is CCOCCCNC(=NCc1ccc(OC)cc1)NCc1noc(C)n1. The van der Waals surface area contributed by atoms with Crippen LogP contribution < -0.4 is 15.4 Å². The van der Waals surface area contributed by atoms with Gasteiger partial charge in [0.15, 0.2) is 11.8 Å². The van der Waals surface area contributed by atoms with Crippen LogP contribution in [0.3, 0.4) is 0 Å². The molecule has 0 fully saturated rings. The minimum absolute atomic E-state index is 0.442. The monoisotopic (exact) mass is 361 g/mol. The first kappa shape index (κ1) is 19.7. The molecule has 0 saturated heterocycles. The fourth-order valence-corrected chi connectivity index (χ4v) is 2.18. The van der Waals surface area contributed by atoms with Gasteiger partial charge in [-0.2, -0.15) is 4.98 Å². The molecule has 1 aromatic carbocycles. The Balaban J connectivity index is 1.90. The number of guanidine groups is 1. The lowest BCUT2D eigenvalue weighted by Crippen LogP contribution is -2.38. The number of nitrogens with zero attached hydrogens (tertiary/aromatic N) is 3. The normalized spacial score (nSPS) is 11.4. The molecule has 0 unspecified atom stereocenters. The van der Waals surface area contributed by atoms with Gasteiger partial charge in [-0.3, -0.25) is 0 Å². The lowest BCUT2D eigenvalue weighted by Gasteiger charge is -2.11. The summed E-state index contributed by atoms with van der Waals surface area (Å²) in [5.41, 5.74) is 1.09. The number of rotatable bonds is 10. The van der Waals surface area contributed by atoms with Crippen LogP contribution in [-0.4, -0.2) is 43.0 Å². The van der Waals surface area contributed by atoms with Crippen molar-refractivity contribution in [2.45, 2.75) is 33.4 Å². The van der Waals surface area contributed by atoms with E-state index in [0.717, 1.165) is 37.5 Å². The van der Waals surface area contributed by atoms with E-state index in [2.05, 4.69) is 25.8 Å². The van der Waals surface area contributed by atoms with E-state index in [1.54, 1.807) is 14.0 Å². The van der Waals surface area contributed by atoms with Gasteiger partial charge in [-0.15, -0.1) is 0 Å². The second-order valence-corrected chi connectivity index (χ2v) is 5.57. The predicted octanol–water partition coefficient (Wildman–Crippen LogP) is 2.05. The number of aromatic nitrogens is 2. The highest BCUT2D eigenvalue weighted by atomic mass is 16.5. The van der Waals surface area contributed by atoms with Crippen LogP contribution in [0.4, 0.5) is 0 Å². The zero-order valence-electron chi connectivity index (χ0n) is 15.6. The summed E-state index contributed by atoms with van der Waals surface area (Å²) in [4.78, 5) is 8.80. The van der Waals surface area contributed by atoms with Crippen LogP contribution in [0.15, 0.2) is 33.8 Å². The molecule has 8 nitrogen and oxygen atoms in total. The van der Waals surface area contributed by atoms with Crippen LogP contribution in [0, 0.1) is 6.92 Å². The maximum Gasteiger partial charge on any atom is 0.223 e. The number of nitrogens with one attached hydrogen (secondary N) is 2. The second-order valence-electron chi connectivity index (χ2n) is 5.57. The van der Waals surface area contributed by atoms with Gasteiger partial charge in [0, 0.05) is 26.7 Å². The largest absolute Gasteiger partial charge is 0.497 e. The van der Waals surface area contributed by atoms with Crippen molar-refractivity contribution in [3.8, 4) is 5.75 Å². The van der Waals surface area contributed by atoms with Crippen molar-refractivity contribution in [3.63, 3.8) is 0 Å². The Morgan fingerprint density at radius 3 is 2.69 bits per heavy atom. The smallest absolute Gasteiger partial charge is 0.223 e. The summed E-state index contributed by atoms with van der Waals surface area (Å²) < 4.78 is 15.5. The molecule has 0 bridgehead atoms. The molecule has 8 heteroatoms. The van der Waals surface area contributed by atoms with Crippen LogP contribution in [0.2, 0.25) is 0 Å². The van der Waals surface area contributed by atoms with Gasteiger partial charge in [0.05, 0.1) is 20.2 Å². The van der Waals surface area contributed by atoms with Crippen molar-refractivity contribution in [1.29, 1.82) is 0 Å². The summed E-state index contributed by atoms with van der Waals surface area (Å²) in [6.45, 7) is 6.96. The molecule has 142 valence electrons. The van der Waals surface area contributed by atoms with Gasteiger partial charge >= 0.3 is 0 Å². The van der Waals surface area contributed by atoms with Gasteiger partial charge in [-0.05, 0) is 31.0 Å². The van der Waals surface area contributed by atoms with E-state index < -0.39 is 0 Å². The third-order valence-electron chi connectivity index (χ3n) is 3.52. The van der Waals surface area contributed by atoms with Crippen molar-refractivity contribution in [2.24, 2.45) is 4.99 Å². The van der Waals surface area contributed by atoms with Gasteiger partial charge in [0.1, 0.15) is 5.75 Å². The fraction of sp³-hybridized carbons (Fsp3) is 0.500. The number of benzene rings is 1. The highest BCUT2D eigenvalue weighted by molar-refractivity contribution is 5.79. The first-order valence-corrected chi connectivity index (χ1v) is 8.73. The van der Waals surface area contributed by atoms with E-state index in [1.165, 1.54) is 0 Å². The minimum Gasteiger partial charge on any atom is -0.497 e. The minimum atomic E-state index is 0.442. The van der Waals surface area contributed by atoms with E-state index in [-0.39, 0.29) is 0 Å². The van der Waals surface area contributed by atoms with Gasteiger partial charge in [0.25, 0.3) is 0 Å². The quantitative estimate of drug-likeness (QED) is 0.380. The van der Waals surface area contributed by atoms with Crippen molar-refractivity contribution in [1.82, 2.24) is 20.8 Å². The highest BCUT2D eigenvalue weighted by Gasteiger charge is 2.04. The molecule has 0 saturated carbocycles. The number of methoxy groups -OCH3 is 1. The summed E-state index contributed by atoms with van der Waals surface area (Å²) in [5.74, 6) is 2.66. The maximum absolute atomic E-state index is 5.35. The molecule has 0 radical (unpaired) electrons. The molecular formula is C18H27N5O3. The van der Waals surface area contributed by atoms with Gasteiger partial charge in [-0.25, -0.2) is 4.99 Å². The lowest BCUT2D eigenvalue weighted by atomic mass is 10.2. The van der Waals surface area contributed by atoms with E-state index in [0.29, 0.717) is 30.8 Å². The predicted molar refractivity (Wildman–Crippen MR) is 99.1 cm³/mol. The average Bonchev–Trinajstić information content (AvgIpc) is 3.08. The molecule has 0 amide bonds. The third-order valence-corrected chi connectivity index (χ3v) is 3.52. The topological polar surface area (TPSA) is 93.8 Å². The summed E-state index contributed by atoms with van der Waals surface area (Å²) >= 11 is 0. The fourth-order valence-electron chi connectivity index (χ4n) is 2.18. The number of hydrogen-bond donors (Lipinski definition) is 2. The Morgan fingerprint density at radius 1 is 1.23 bits per heavy atom. The molecule has 0 aliphatic heterocycles. The molecule has 1 aromatic heterocycles. The van der Waals surface area contributed by atoms with Crippen LogP contribution in [0.5, 0.6) is 5.75 Å². The molecule has 0 spiro atoms. The third kappa shape index (κ3) is 7.10.